The molecule has 0 aromatic heterocycles. The molecule has 3 heteroatoms. The molecule has 2 nitrogen and oxygen atoms in total. The van der Waals surface area contributed by atoms with Gasteiger partial charge in [0.05, 0.1) is 11.6 Å². The molecular formula is C37H51FN2. The Morgan fingerprint density at radius 3 is 1.98 bits per heavy atom. The average Bonchev–Trinajstić information content (AvgIpc) is 2.99. The van der Waals surface area contributed by atoms with Gasteiger partial charge in [-0.25, -0.2) is 4.39 Å². The highest BCUT2D eigenvalue weighted by Gasteiger charge is 2.29. The van der Waals surface area contributed by atoms with Crippen molar-refractivity contribution in [1.82, 2.24) is 0 Å². The van der Waals surface area contributed by atoms with Gasteiger partial charge in [0.15, 0.2) is 0 Å². The van der Waals surface area contributed by atoms with E-state index in [0.717, 1.165) is 17.7 Å². The first kappa shape index (κ1) is 36.4. The molecule has 0 spiro atoms. The zero-order valence-electron chi connectivity index (χ0n) is 26.0. The predicted octanol–water partition coefficient (Wildman–Crippen LogP) is 11.4. The molecule has 0 bridgehead atoms. The van der Waals surface area contributed by atoms with Gasteiger partial charge >= 0.3 is 0 Å². The lowest BCUT2D eigenvalue weighted by Gasteiger charge is -2.34. The maximum atomic E-state index is 12.7. The van der Waals surface area contributed by atoms with Crippen LogP contribution in [0, 0.1) is 24.1 Å². The number of hydrogen-bond acceptors (Lipinski definition) is 2. The number of anilines is 1. The van der Waals surface area contributed by atoms with Gasteiger partial charge in [-0.15, -0.1) is 13.2 Å². The predicted molar refractivity (Wildman–Crippen MR) is 175 cm³/mol. The van der Waals surface area contributed by atoms with E-state index in [-0.39, 0.29) is 11.2 Å². The number of nitrogens with one attached hydrogen (secondary N) is 1. The van der Waals surface area contributed by atoms with E-state index in [0.29, 0.717) is 11.1 Å². The zero-order chi connectivity index (χ0) is 30.4. The van der Waals surface area contributed by atoms with E-state index < -0.39 is 0 Å². The Morgan fingerprint density at radius 2 is 1.50 bits per heavy atom. The highest BCUT2D eigenvalue weighted by atomic mass is 19.1. The number of hydrogen-bond donors (Lipinski definition) is 1. The molecule has 3 rings (SSSR count). The fourth-order valence-electron chi connectivity index (χ4n) is 4.68. The Labute approximate surface area is 244 Å². The van der Waals surface area contributed by atoms with Crippen LogP contribution in [0.4, 0.5) is 10.1 Å². The Morgan fingerprint density at radius 1 is 0.900 bits per heavy atom. The van der Waals surface area contributed by atoms with Gasteiger partial charge in [0, 0.05) is 12.7 Å². The highest BCUT2D eigenvalue weighted by Crippen LogP contribution is 2.39. The lowest BCUT2D eigenvalue weighted by molar-refractivity contribution is 0.333. The summed E-state index contributed by atoms with van der Waals surface area (Å²) in [4.78, 5) is 0. The summed E-state index contributed by atoms with van der Waals surface area (Å²) in [5.41, 5.74) is 6.17. The number of allylic oxidation sites excluding steroid dienone is 2. The number of halogens is 1. The van der Waals surface area contributed by atoms with Gasteiger partial charge in [0.25, 0.3) is 0 Å². The molecule has 3 aromatic carbocycles. The smallest absolute Gasteiger partial charge is 0.128 e. The minimum absolute atomic E-state index is 0.160. The van der Waals surface area contributed by atoms with Crippen LogP contribution in [-0.4, -0.2) is 7.05 Å². The van der Waals surface area contributed by atoms with Crippen molar-refractivity contribution in [2.45, 2.75) is 85.5 Å². The zero-order valence-corrected chi connectivity index (χ0v) is 26.0. The molecule has 0 aliphatic heterocycles. The number of aryl methyl sites for hydroxylation is 1. The number of nitriles is 1. The Bertz CT molecular complexity index is 1150. The van der Waals surface area contributed by atoms with Crippen LogP contribution in [0.2, 0.25) is 0 Å². The van der Waals surface area contributed by atoms with E-state index in [1.54, 1.807) is 26.1 Å². The van der Waals surface area contributed by atoms with E-state index in [2.05, 4.69) is 68.7 Å². The molecular weight excluding hydrogens is 491 g/mol. The van der Waals surface area contributed by atoms with Gasteiger partial charge < -0.3 is 5.32 Å². The number of nitrogens with zero attached hydrogens (tertiary/aromatic N) is 1. The van der Waals surface area contributed by atoms with Crippen LogP contribution in [0.5, 0.6) is 0 Å². The van der Waals surface area contributed by atoms with Crippen LogP contribution < -0.4 is 5.32 Å². The van der Waals surface area contributed by atoms with Gasteiger partial charge in [-0.05, 0) is 91.5 Å². The Kier molecular flexibility index (Phi) is 19.3. The molecule has 216 valence electrons. The maximum absolute atomic E-state index is 12.7. The first-order valence-corrected chi connectivity index (χ1v) is 14.6. The maximum Gasteiger partial charge on any atom is 0.128 e. The molecule has 0 saturated carbocycles. The van der Waals surface area contributed by atoms with Gasteiger partial charge in [0.1, 0.15) is 5.82 Å². The highest BCUT2D eigenvalue weighted by molar-refractivity contribution is 5.65. The molecule has 0 fully saturated rings. The van der Waals surface area contributed by atoms with E-state index in [1.807, 2.05) is 51.1 Å². The van der Waals surface area contributed by atoms with Gasteiger partial charge in [-0.1, -0.05) is 95.2 Å². The summed E-state index contributed by atoms with van der Waals surface area (Å²) >= 11 is 0. The van der Waals surface area contributed by atoms with Crippen LogP contribution in [0.15, 0.2) is 92.0 Å². The summed E-state index contributed by atoms with van der Waals surface area (Å²) in [6.45, 7) is 19.5. The third kappa shape index (κ3) is 12.0. The van der Waals surface area contributed by atoms with Crippen molar-refractivity contribution in [2.24, 2.45) is 0 Å². The summed E-state index contributed by atoms with van der Waals surface area (Å²) in [5.74, 6) is -0.160. The largest absolute Gasteiger partial charge is 0.388 e. The quantitative estimate of drug-likeness (QED) is 0.259. The van der Waals surface area contributed by atoms with E-state index in [1.165, 1.54) is 49.3 Å². The van der Waals surface area contributed by atoms with E-state index in [4.69, 9.17) is 5.26 Å². The first-order valence-electron chi connectivity index (χ1n) is 14.6. The van der Waals surface area contributed by atoms with Gasteiger partial charge in [-0.2, -0.15) is 5.26 Å². The molecule has 40 heavy (non-hydrogen) atoms. The van der Waals surface area contributed by atoms with Crippen molar-refractivity contribution in [3.8, 4) is 17.2 Å². The normalized spacial score (nSPS) is 9.78. The van der Waals surface area contributed by atoms with Crippen molar-refractivity contribution < 1.29 is 4.39 Å². The molecule has 0 saturated heterocycles. The SMILES string of the molecule is C=CC.C=CCCC(CCC)(CCC)c1ccc(-c2cccc(C#N)c2)cc1.CC.CNc1ccc(C)c(F)c1. The second-order valence-electron chi connectivity index (χ2n) is 9.50. The van der Waals surface area contributed by atoms with Crippen LogP contribution >= 0.6 is 0 Å². The fourth-order valence-corrected chi connectivity index (χ4v) is 4.68. The molecule has 0 amide bonds. The molecule has 0 heterocycles. The first-order chi connectivity index (χ1) is 19.3. The molecule has 0 radical (unpaired) electrons. The van der Waals surface area contributed by atoms with Crippen molar-refractivity contribution in [3.63, 3.8) is 0 Å². The van der Waals surface area contributed by atoms with Crippen LogP contribution in [0.25, 0.3) is 11.1 Å². The van der Waals surface area contributed by atoms with Crippen LogP contribution in [-0.2, 0) is 5.41 Å². The summed E-state index contributed by atoms with van der Waals surface area (Å²) in [7, 11) is 1.77. The monoisotopic (exact) mass is 542 g/mol. The summed E-state index contributed by atoms with van der Waals surface area (Å²) < 4.78 is 12.7. The standard InChI is InChI=1S/C24H29N.C8H10FN.C3H6.C2H6/c1-4-7-17-24(15-5-2,16-6-3)23-13-11-21(12-14-23)22-10-8-9-20(18-22)19-25;1-6-3-4-7(10-2)5-8(6)9;1-3-2;1-2/h4,8-14,18H,1,5-7,15-17H2,2-3H3;3-5,10H,1-2H3;3H,1H2,2H3;1-2H3. The van der Waals surface area contributed by atoms with Crippen molar-refractivity contribution in [3.05, 3.63) is 115 Å². The second kappa shape index (κ2) is 21.2. The summed E-state index contributed by atoms with van der Waals surface area (Å²) in [6, 6.07) is 24.1. The second-order valence-corrected chi connectivity index (χ2v) is 9.50. The van der Waals surface area contributed by atoms with Gasteiger partial charge in [-0.3, -0.25) is 0 Å². The van der Waals surface area contributed by atoms with Crippen LogP contribution in [0.3, 0.4) is 0 Å². The van der Waals surface area contributed by atoms with E-state index >= 15 is 0 Å². The van der Waals surface area contributed by atoms with Crippen molar-refractivity contribution in [1.29, 1.82) is 5.26 Å². The average molecular weight is 543 g/mol. The minimum atomic E-state index is -0.160. The fraction of sp³-hybridized carbons (Fsp3) is 0.378. The topological polar surface area (TPSA) is 35.8 Å². The van der Waals surface area contributed by atoms with Crippen molar-refractivity contribution >= 4 is 5.69 Å². The molecule has 0 unspecified atom stereocenters. The molecule has 0 aliphatic carbocycles. The molecule has 3 aromatic rings. The molecule has 0 aliphatic rings. The third-order valence-corrected chi connectivity index (χ3v) is 6.57. The van der Waals surface area contributed by atoms with E-state index in [9.17, 15) is 4.39 Å². The lowest BCUT2D eigenvalue weighted by atomic mass is 9.70. The Balaban J connectivity index is 0.000000837. The minimum Gasteiger partial charge on any atom is -0.388 e. The Hall–Kier alpha value is -3.64. The lowest BCUT2D eigenvalue weighted by Crippen LogP contribution is -2.26. The molecule has 1 N–H and O–H groups in total. The number of benzene rings is 3. The summed E-state index contributed by atoms with van der Waals surface area (Å²) in [6.07, 6.45) is 10.9. The molecule has 0 atom stereocenters. The summed E-state index contributed by atoms with van der Waals surface area (Å²) in [5, 5.41) is 12.0. The number of rotatable bonds is 10. The van der Waals surface area contributed by atoms with Gasteiger partial charge in [0.2, 0.25) is 0 Å². The third-order valence-electron chi connectivity index (χ3n) is 6.57. The van der Waals surface area contributed by atoms with Crippen molar-refractivity contribution in [2.75, 3.05) is 12.4 Å². The van der Waals surface area contributed by atoms with Crippen LogP contribution in [0.1, 0.15) is 89.8 Å².